The topological polar surface area (TPSA) is 42.9 Å². The van der Waals surface area contributed by atoms with Gasteiger partial charge in [0.2, 0.25) is 0 Å². The van der Waals surface area contributed by atoms with Gasteiger partial charge in [-0.2, -0.15) is 0 Å². The first-order valence-corrected chi connectivity index (χ1v) is 10.8. The Bertz CT molecular complexity index is 592. The molecule has 28 heavy (non-hydrogen) atoms. The maximum absolute atomic E-state index is 4.44. The fourth-order valence-electron chi connectivity index (χ4n) is 4.20. The Balaban J connectivity index is 0.00000280. The van der Waals surface area contributed by atoms with Crippen molar-refractivity contribution in [1.82, 2.24) is 20.4 Å². The van der Waals surface area contributed by atoms with E-state index in [2.05, 4.69) is 56.6 Å². The van der Waals surface area contributed by atoms with Gasteiger partial charge in [0, 0.05) is 52.4 Å². The summed E-state index contributed by atoms with van der Waals surface area (Å²) in [5.74, 6) is 0.938. The van der Waals surface area contributed by atoms with Crippen LogP contribution >= 0.6 is 24.0 Å². The Morgan fingerprint density at radius 1 is 1.00 bits per heavy atom. The predicted octanol–water partition coefficient (Wildman–Crippen LogP) is 3.44. The Kier molecular flexibility index (Phi) is 10.6. The predicted molar refractivity (Wildman–Crippen MR) is 129 cm³/mol. The van der Waals surface area contributed by atoms with Crippen LogP contribution < -0.4 is 10.6 Å². The molecule has 0 atom stereocenters. The average molecular weight is 499 g/mol. The first-order valence-electron chi connectivity index (χ1n) is 10.8. The van der Waals surface area contributed by atoms with E-state index in [-0.39, 0.29) is 24.0 Å². The molecule has 0 radical (unpaired) electrons. The van der Waals surface area contributed by atoms with Gasteiger partial charge in [-0.25, -0.2) is 0 Å². The highest BCUT2D eigenvalue weighted by Crippen LogP contribution is 2.17. The third-order valence-corrected chi connectivity index (χ3v) is 6.04. The molecule has 0 aromatic heterocycles. The van der Waals surface area contributed by atoms with Crippen molar-refractivity contribution >= 4 is 29.9 Å². The molecule has 2 N–H and O–H groups in total. The summed E-state index contributed by atoms with van der Waals surface area (Å²) in [6.45, 7) is 10.0. The van der Waals surface area contributed by atoms with Crippen molar-refractivity contribution in [3.05, 3.63) is 35.4 Å². The van der Waals surface area contributed by atoms with E-state index in [0.717, 1.165) is 19.0 Å². The third-order valence-electron chi connectivity index (χ3n) is 6.04. The van der Waals surface area contributed by atoms with Gasteiger partial charge in [-0.1, -0.05) is 50.5 Å². The molecule has 1 heterocycles. The first-order chi connectivity index (χ1) is 13.3. The summed E-state index contributed by atoms with van der Waals surface area (Å²) in [5, 5.41) is 7.15. The van der Waals surface area contributed by atoms with Crippen molar-refractivity contribution in [3.63, 3.8) is 0 Å². The number of hydrogen-bond donors (Lipinski definition) is 2. The highest BCUT2D eigenvalue weighted by molar-refractivity contribution is 14.0. The van der Waals surface area contributed by atoms with Gasteiger partial charge < -0.3 is 15.5 Å². The van der Waals surface area contributed by atoms with Gasteiger partial charge in [0.05, 0.1) is 0 Å². The lowest BCUT2D eigenvalue weighted by atomic mass is 9.96. The smallest absolute Gasteiger partial charge is 0.191 e. The maximum Gasteiger partial charge on any atom is 0.191 e. The van der Waals surface area contributed by atoms with Gasteiger partial charge in [0.1, 0.15) is 0 Å². The number of nitrogens with zero attached hydrogens (tertiary/aromatic N) is 3. The minimum absolute atomic E-state index is 0. The standard InChI is InChI=1S/C22H37N5.HI/c1-3-26-13-15-27(16-14-26)18-20-10-8-7-9-19(20)17-24-22(23-2)25-21-11-5-4-6-12-21;/h7-10,21H,3-6,11-18H2,1-2H3,(H2,23,24,25);1H. The molecule has 1 aromatic carbocycles. The van der Waals surface area contributed by atoms with Crippen LogP contribution in [0.5, 0.6) is 0 Å². The van der Waals surface area contributed by atoms with Gasteiger partial charge in [-0.15, -0.1) is 24.0 Å². The summed E-state index contributed by atoms with van der Waals surface area (Å²) in [4.78, 5) is 9.55. The zero-order chi connectivity index (χ0) is 18.9. The lowest BCUT2D eigenvalue weighted by molar-refractivity contribution is 0.131. The SMILES string of the molecule is CCN1CCN(Cc2ccccc2CNC(=NC)NC2CCCCC2)CC1.I. The van der Waals surface area contributed by atoms with E-state index in [1.165, 1.54) is 76.0 Å². The second kappa shape index (κ2) is 12.6. The number of piperazine rings is 1. The summed E-state index contributed by atoms with van der Waals surface area (Å²) in [6, 6.07) is 9.41. The molecule has 1 aliphatic carbocycles. The summed E-state index contributed by atoms with van der Waals surface area (Å²) in [7, 11) is 1.87. The Morgan fingerprint density at radius 3 is 2.29 bits per heavy atom. The van der Waals surface area contributed by atoms with Crippen LogP contribution in [-0.4, -0.2) is 61.6 Å². The van der Waals surface area contributed by atoms with Crippen LogP contribution in [0.1, 0.15) is 50.2 Å². The normalized spacial score (nSPS) is 19.9. The Labute approximate surface area is 188 Å². The number of likely N-dealkylation sites (N-methyl/N-ethyl adjacent to an activating group) is 1. The van der Waals surface area contributed by atoms with Crippen LogP contribution in [0, 0.1) is 0 Å². The van der Waals surface area contributed by atoms with Crippen molar-refractivity contribution in [3.8, 4) is 0 Å². The largest absolute Gasteiger partial charge is 0.354 e. The van der Waals surface area contributed by atoms with Gasteiger partial charge in [-0.3, -0.25) is 9.89 Å². The molecule has 2 aliphatic rings. The molecule has 0 unspecified atom stereocenters. The minimum atomic E-state index is 0. The molecule has 0 amide bonds. The number of rotatable bonds is 6. The molecular formula is C22H38IN5. The molecule has 3 rings (SSSR count). The maximum atomic E-state index is 4.44. The highest BCUT2D eigenvalue weighted by atomic mass is 127. The van der Waals surface area contributed by atoms with Crippen LogP contribution in [0.3, 0.4) is 0 Å². The molecular weight excluding hydrogens is 461 g/mol. The van der Waals surface area contributed by atoms with Crippen LogP contribution in [0.15, 0.2) is 29.3 Å². The lowest BCUT2D eigenvalue weighted by Crippen LogP contribution is -2.46. The van der Waals surface area contributed by atoms with E-state index in [0.29, 0.717) is 6.04 Å². The molecule has 0 spiro atoms. The van der Waals surface area contributed by atoms with Crippen LogP contribution in [-0.2, 0) is 13.1 Å². The molecule has 1 saturated carbocycles. The van der Waals surface area contributed by atoms with Crippen molar-refractivity contribution in [1.29, 1.82) is 0 Å². The van der Waals surface area contributed by atoms with E-state index >= 15 is 0 Å². The lowest BCUT2D eigenvalue weighted by Gasteiger charge is -2.34. The van der Waals surface area contributed by atoms with E-state index in [4.69, 9.17) is 0 Å². The van der Waals surface area contributed by atoms with Crippen LogP contribution in [0.2, 0.25) is 0 Å². The molecule has 5 nitrogen and oxygen atoms in total. The summed E-state index contributed by atoms with van der Waals surface area (Å²) in [5.41, 5.74) is 2.81. The molecule has 158 valence electrons. The number of aliphatic imine (C=N–C) groups is 1. The zero-order valence-electron chi connectivity index (χ0n) is 17.6. The molecule has 1 saturated heterocycles. The van der Waals surface area contributed by atoms with Crippen molar-refractivity contribution in [2.75, 3.05) is 39.8 Å². The van der Waals surface area contributed by atoms with Gasteiger partial charge in [-0.05, 0) is 30.5 Å². The van der Waals surface area contributed by atoms with Crippen LogP contribution in [0.4, 0.5) is 0 Å². The third kappa shape index (κ3) is 7.19. The van der Waals surface area contributed by atoms with E-state index < -0.39 is 0 Å². The molecule has 1 aromatic rings. The zero-order valence-corrected chi connectivity index (χ0v) is 20.0. The summed E-state index contributed by atoms with van der Waals surface area (Å²) >= 11 is 0. The average Bonchev–Trinajstić information content (AvgIpc) is 2.73. The first kappa shape index (κ1) is 23.4. The number of guanidine groups is 1. The fraction of sp³-hybridized carbons (Fsp3) is 0.682. The Morgan fingerprint density at radius 2 is 1.64 bits per heavy atom. The molecule has 6 heteroatoms. The second-order valence-corrected chi connectivity index (χ2v) is 7.88. The van der Waals surface area contributed by atoms with Gasteiger partial charge in [0.15, 0.2) is 5.96 Å². The van der Waals surface area contributed by atoms with Crippen LogP contribution in [0.25, 0.3) is 0 Å². The highest BCUT2D eigenvalue weighted by Gasteiger charge is 2.17. The quantitative estimate of drug-likeness (QED) is 0.358. The van der Waals surface area contributed by atoms with Crippen molar-refractivity contribution < 1.29 is 0 Å². The van der Waals surface area contributed by atoms with Gasteiger partial charge in [0.25, 0.3) is 0 Å². The fourth-order valence-corrected chi connectivity index (χ4v) is 4.20. The molecule has 0 bridgehead atoms. The van der Waals surface area contributed by atoms with E-state index in [9.17, 15) is 0 Å². The summed E-state index contributed by atoms with van der Waals surface area (Å²) < 4.78 is 0. The summed E-state index contributed by atoms with van der Waals surface area (Å²) in [6.07, 6.45) is 6.58. The van der Waals surface area contributed by atoms with E-state index in [1.807, 2.05) is 7.05 Å². The van der Waals surface area contributed by atoms with Crippen molar-refractivity contribution in [2.45, 2.75) is 58.2 Å². The molecule has 2 fully saturated rings. The monoisotopic (exact) mass is 499 g/mol. The van der Waals surface area contributed by atoms with Gasteiger partial charge >= 0.3 is 0 Å². The minimum Gasteiger partial charge on any atom is -0.354 e. The van der Waals surface area contributed by atoms with Crippen molar-refractivity contribution in [2.24, 2.45) is 4.99 Å². The second-order valence-electron chi connectivity index (χ2n) is 7.88. The number of benzene rings is 1. The number of hydrogen-bond acceptors (Lipinski definition) is 3. The van der Waals surface area contributed by atoms with E-state index in [1.54, 1.807) is 0 Å². The number of nitrogens with one attached hydrogen (secondary N) is 2. The number of halogens is 1. The molecule has 1 aliphatic heterocycles. The Hall–Kier alpha value is -0.860.